The van der Waals surface area contributed by atoms with E-state index in [1.807, 2.05) is 11.9 Å². The fourth-order valence-corrected chi connectivity index (χ4v) is 2.24. The summed E-state index contributed by atoms with van der Waals surface area (Å²) in [6, 6.07) is 0. The minimum absolute atomic E-state index is 0.145. The summed E-state index contributed by atoms with van der Waals surface area (Å²) < 4.78 is 5.47. The fourth-order valence-electron chi connectivity index (χ4n) is 2.24. The van der Waals surface area contributed by atoms with Crippen molar-refractivity contribution >= 4 is 11.9 Å². The number of hydrogen-bond donors (Lipinski definition) is 1. The van der Waals surface area contributed by atoms with E-state index < -0.39 is 0 Å². The molecule has 1 aliphatic rings. The van der Waals surface area contributed by atoms with Gasteiger partial charge in [0.05, 0.1) is 11.7 Å². The second kappa shape index (κ2) is 7.93. The number of hydrogen-bond acceptors (Lipinski definition) is 5. The lowest BCUT2D eigenvalue weighted by Gasteiger charge is -2.16. The molecule has 0 spiro atoms. The van der Waals surface area contributed by atoms with Crippen LogP contribution in [-0.4, -0.2) is 48.7 Å². The average Bonchev–Trinajstić information content (AvgIpc) is 3.04. The van der Waals surface area contributed by atoms with Gasteiger partial charge in [-0.3, -0.25) is 4.79 Å². The van der Waals surface area contributed by atoms with Gasteiger partial charge >= 0.3 is 0 Å². The minimum Gasteiger partial charge on any atom is -0.376 e. The molecule has 0 radical (unpaired) electrons. The molecule has 1 fully saturated rings. The Bertz CT molecular complexity index is 443. The van der Waals surface area contributed by atoms with Crippen LogP contribution in [0.1, 0.15) is 43.0 Å². The summed E-state index contributed by atoms with van der Waals surface area (Å²) in [6.45, 7) is 4.41. The molecule has 1 aromatic heterocycles. The maximum Gasteiger partial charge on any atom is 0.254 e. The Kier molecular flexibility index (Phi) is 5.92. The first-order chi connectivity index (χ1) is 10.2. The maximum absolute atomic E-state index is 12.0. The number of carbonyl (C=O) groups is 1. The third-order valence-electron chi connectivity index (χ3n) is 3.60. The Morgan fingerprint density at radius 2 is 2.24 bits per heavy atom. The van der Waals surface area contributed by atoms with Crippen LogP contribution in [0.15, 0.2) is 12.4 Å². The SMILES string of the molecule is CCCCN(C)c1ncc(C(=O)NCC2CCCO2)cn1. The number of unbranched alkanes of at least 4 members (excludes halogenated alkanes) is 1. The molecular formula is C15H24N4O2. The molecule has 1 aliphatic heterocycles. The molecule has 116 valence electrons. The lowest BCUT2D eigenvalue weighted by molar-refractivity contribution is 0.0857. The molecule has 1 N–H and O–H groups in total. The Labute approximate surface area is 125 Å². The van der Waals surface area contributed by atoms with Crippen molar-refractivity contribution in [3.05, 3.63) is 18.0 Å². The van der Waals surface area contributed by atoms with Crippen molar-refractivity contribution in [1.29, 1.82) is 0 Å². The third-order valence-corrected chi connectivity index (χ3v) is 3.60. The summed E-state index contributed by atoms with van der Waals surface area (Å²) >= 11 is 0. The van der Waals surface area contributed by atoms with Crippen LogP contribution in [0.5, 0.6) is 0 Å². The molecule has 21 heavy (non-hydrogen) atoms. The van der Waals surface area contributed by atoms with Gasteiger partial charge < -0.3 is 15.0 Å². The second-order valence-electron chi connectivity index (χ2n) is 5.39. The Morgan fingerprint density at radius 3 is 2.86 bits per heavy atom. The lowest BCUT2D eigenvalue weighted by atomic mass is 10.2. The van der Waals surface area contributed by atoms with Crippen molar-refractivity contribution in [3.63, 3.8) is 0 Å². The van der Waals surface area contributed by atoms with Crippen LogP contribution in [0.2, 0.25) is 0 Å². The van der Waals surface area contributed by atoms with Crippen LogP contribution < -0.4 is 10.2 Å². The quantitative estimate of drug-likeness (QED) is 0.827. The van der Waals surface area contributed by atoms with E-state index in [9.17, 15) is 4.79 Å². The zero-order chi connectivity index (χ0) is 15.1. The number of aromatic nitrogens is 2. The van der Waals surface area contributed by atoms with E-state index in [-0.39, 0.29) is 12.0 Å². The Balaban J connectivity index is 1.84. The Morgan fingerprint density at radius 1 is 1.48 bits per heavy atom. The number of anilines is 1. The van der Waals surface area contributed by atoms with E-state index in [0.717, 1.165) is 38.8 Å². The first kappa shape index (κ1) is 15.7. The second-order valence-corrected chi connectivity index (χ2v) is 5.39. The number of carbonyl (C=O) groups excluding carboxylic acids is 1. The van der Waals surface area contributed by atoms with Crippen molar-refractivity contribution in [2.45, 2.75) is 38.7 Å². The average molecular weight is 292 g/mol. The number of nitrogens with zero attached hydrogens (tertiary/aromatic N) is 3. The van der Waals surface area contributed by atoms with E-state index in [2.05, 4.69) is 22.2 Å². The number of amides is 1. The van der Waals surface area contributed by atoms with Crippen LogP contribution in [0.3, 0.4) is 0 Å². The first-order valence-electron chi connectivity index (χ1n) is 7.63. The highest BCUT2D eigenvalue weighted by molar-refractivity contribution is 5.93. The molecule has 1 atom stereocenters. The normalized spacial score (nSPS) is 17.7. The van der Waals surface area contributed by atoms with Crippen molar-refractivity contribution in [2.75, 3.05) is 31.6 Å². The highest BCUT2D eigenvalue weighted by Gasteiger charge is 2.17. The van der Waals surface area contributed by atoms with Gasteiger partial charge in [-0.1, -0.05) is 13.3 Å². The molecule has 0 aliphatic carbocycles. The minimum atomic E-state index is -0.145. The molecule has 0 saturated carbocycles. The van der Waals surface area contributed by atoms with Crippen molar-refractivity contribution in [1.82, 2.24) is 15.3 Å². The topological polar surface area (TPSA) is 67.4 Å². The molecule has 6 nitrogen and oxygen atoms in total. The van der Waals surface area contributed by atoms with Crippen LogP contribution in [0, 0.1) is 0 Å². The lowest BCUT2D eigenvalue weighted by Crippen LogP contribution is -2.32. The molecular weight excluding hydrogens is 268 g/mol. The molecule has 0 bridgehead atoms. The molecule has 6 heteroatoms. The highest BCUT2D eigenvalue weighted by Crippen LogP contribution is 2.11. The molecule has 2 rings (SSSR count). The summed E-state index contributed by atoms with van der Waals surface area (Å²) in [5, 5.41) is 2.87. The smallest absolute Gasteiger partial charge is 0.254 e. The van der Waals surface area contributed by atoms with E-state index in [4.69, 9.17) is 4.74 Å². The van der Waals surface area contributed by atoms with Crippen molar-refractivity contribution in [3.8, 4) is 0 Å². The summed E-state index contributed by atoms with van der Waals surface area (Å²) in [7, 11) is 1.96. The standard InChI is InChI=1S/C15H24N4O2/c1-3-4-7-19(2)15-17-9-12(10-18-15)14(20)16-11-13-6-5-8-21-13/h9-10,13H,3-8,11H2,1-2H3,(H,16,20). The molecule has 1 aromatic rings. The van der Waals surface area contributed by atoms with Crippen LogP contribution in [0.25, 0.3) is 0 Å². The number of ether oxygens (including phenoxy) is 1. The molecule has 1 amide bonds. The van der Waals surface area contributed by atoms with Gasteiger partial charge in [0.15, 0.2) is 0 Å². The largest absolute Gasteiger partial charge is 0.376 e. The van der Waals surface area contributed by atoms with Gasteiger partial charge in [-0.2, -0.15) is 0 Å². The molecule has 0 aromatic carbocycles. The fraction of sp³-hybridized carbons (Fsp3) is 0.667. The van der Waals surface area contributed by atoms with E-state index in [1.54, 1.807) is 12.4 Å². The van der Waals surface area contributed by atoms with Gasteiger partial charge in [-0.05, 0) is 19.3 Å². The van der Waals surface area contributed by atoms with Crippen LogP contribution >= 0.6 is 0 Å². The van der Waals surface area contributed by atoms with Gasteiger partial charge in [-0.15, -0.1) is 0 Å². The number of rotatable bonds is 7. The number of nitrogens with one attached hydrogen (secondary N) is 1. The Hall–Kier alpha value is -1.69. The summed E-state index contributed by atoms with van der Waals surface area (Å²) in [5.41, 5.74) is 0.487. The van der Waals surface area contributed by atoms with Crippen molar-refractivity contribution in [2.24, 2.45) is 0 Å². The van der Waals surface area contributed by atoms with Gasteiger partial charge in [0, 0.05) is 39.1 Å². The van der Waals surface area contributed by atoms with E-state index in [1.165, 1.54) is 0 Å². The molecule has 2 heterocycles. The van der Waals surface area contributed by atoms with Crippen LogP contribution in [0.4, 0.5) is 5.95 Å². The molecule has 1 unspecified atom stereocenters. The highest BCUT2D eigenvalue weighted by atomic mass is 16.5. The van der Waals surface area contributed by atoms with Crippen LogP contribution in [-0.2, 0) is 4.74 Å². The summed E-state index contributed by atoms with van der Waals surface area (Å²) in [4.78, 5) is 22.5. The van der Waals surface area contributed by atoms with Gasteiger partial charge in [0.2, 0.25) is 5.95 Å². The van der Waals surface area contributed by atoms with E-state index in [0.29, 0.717) is 18.1 Å². The van der Waals surface area contributed by atoms with Gasteiger partial charge in [0.1, 0.15) is 0 Å². The maximum atomic E-state index is 12.0. The monoisotopic (exact) mass is 292 g/mol. The third kappa shape index (κ3) is 4.67. The predicted molar refractivity (Wildman–Crippen MR) is 81.5 cm³/mol. The first-order valence-corrected chi connectivity index (χ1v) is 7.63. The molecule has 1 saturated heterocycles. The zero-order valence-electron chi connectivity index (χ0n) is 12.8. The summed E-state index contributed by atoms with van der Waals surface area (Å²) in [6.07, 6.45) is 7.62. The predicted octanol–water partition coefficient (Wildman–Crippen LogP) is 1.62. The summed E-state index contributed by atoms with van der Waals surface area (Å²) in [5.74, 6) is 0.507. The zero-order valence-corrected chi connectivity index (χ0v) is 12.8. The van der Waals surface area contributed by atoms with Gasteiger partial charge in [-0.25, -0.2) is 9.97 Å². The van der Waals surface area contributed by atoms with Gasteiger partial charge in [0.25, 0.3) is 5.91 Å². The van der Waals surface area contributed by atoms with E-state index >= 15 is 0 Å². The van der Waals surface area contributed by atoms with Crippen molar-refractivity contribution < 1.29 is 9.53 Å².